The lowest BCUT2D eigenvalue weighted by molar-refractivity contribution is -0.189. The van der Waals surface area contributed by atoms with Crippen LogP contribution in [0.5, 0.6) is 5.75 Å². The topological polar surface area (TPSA) is 105 Å². The largest absolute Gasteiger partial charge is 0.491 e. The molecule has 0 spiro atoms. The monoisotopic (exact) mass is 704 g/mol. The fourth-order valence-electron chi connectivity index (χ4n) is 6.20. The smallest absolute Gasteiger partial charge is 0.351 e. The number of hydrogen-bond acceptors (Lipinski definition) is 9. The highest BCUT2D eigenvalue weighted by atomic mass is 35.5. The second kappa shape index (κ2) is 14.2. The highest BCUT2D eigenvalue weighted by Gasteiger charge is 2.45. The van der Waals surface area contributed by atoms with Gasteiger partial charge in [-0.25, -0.2) is 24.0 Å². The van der Waals surface area contributed by atoms with Gasteiger partial charge in [-0.1, -0.05) is 36.2 Å². The van der Waals surface area contributed by atoms with Gasteiger partial charge in [0.25, 0.3) is 0 Å². The number of nitrogens with zero attached hydrogens (tertiary/aromatic N) is 8. The van der Waals surface area contributed by atoms with Crippen LogP contribution in [0.25, 0.3) is 5.82 Å². The van der Waals surface area contributed by atoms with Crippen molar-refractivity contribution in [3.63, 3.8) is 0 Å². The lowest BCUT2D eigenvalue weighted by Crippen LogP contribution is -2.46. The van der Waals surface area contributed by atoms with E-state index in [1.54, 1.807) is 24.7 Å². The Morgan fingerprint density at radius 2 is 1.76 bits per heavy atom. The number of aromatic nitrogens is 6. The minimum atomic E-state index is -1.10. The molecule has 3 aromatic heterocycles. The Balaban J connectivity index is 0.925. The van der Waals surface area contributed by atoms with Crippen molar-refractivity contribution in [2.24, 2.45) is 0 Å². The first-order chi connectivity index (χ1) is 23.8. The fourth-order valence-corrected chi connectivity index (χ4v) is 6.75. The van der Waals surface area contributed by atoms with Crippen molar-refractivity contribution in [2.45, 2.75) is 44.7 Å². The van der Waals surface area contributed by atoms with Gasteiger partial charge in [-0.3, -0.25) is 0 Å². The Bertz CT molecular complexity index is 1910. The number of imidazole rings is 1. The summed E-state index contributed by atoms with van der Waals surface area (Å²) in [5.41, 5.74) is 2.69. The SMILES string of the molecule is CC[C@H](C)n1ncn(-c2ccc(N3CCN(c4ccc(OC[C@@H]5CO[C@@](Cn6ccnc6)(c6ccc(Cl)cc6Cl)O5)cc4)CC3)cn2)c1=O. The average Bonchev–Trinajstić information content (AvgIpc) is 3.88. The van der Waals surface area contributed by atoms with Gasteiger partial charge in [0.2, 0.25) is 5.79 Å². The first kappa shape index (κ1) is 33.2. The molecule has 3 atom stereocenters. The molecule has 12 nitrogen and oxygen atoms in total. The van der Waals surface area contributed by atoms with Crippen molar-refractivity contribution in [2.75, 3.05) is 49.2 Å². The third kappa shape index (κ3) is 7.04. The summed E-state index contributed by atoms with van der Waals surface area (Å²) in [7, 11) is 0. The highest BCUT2D eigenvalue weighted by Crippen LogP contribution is 2.40. The fraction of sp³-hybridized carbons (Fsp3) is 0.371. The second-order valence-corrected chi connectivity index (χ2v) is 13.1. The number of benzene rings is 2. The highest BCUT2D eigenvalue weighted by molar-refractivity contribution is 6.35. The molecular formula is C35H38Cl2N8O4. The zero-order chi connectivity index (χ0) is 34.0. The Hall–Kier alpha value is -4.36. The molecule has 0 unspecified atom stereocenters. The third-order valence-electron chi connectivity index (χ3n) is 9.11. The summed E-state index contributed by atoms with van der Waals surface area (Å²) >= 11 is 12.8. The van der Waals surface area contributed by atoms with Crippen LogP contribution in [0.1, 0.15) is 31.9 Å². The normalized spacial score (nSPS) is 20.1. The molecule has 256 valence electrons. The van der Waals surface area contributed by atoms with Crippen LogP contribution in [-0.2, 0) is 21.8 Å². The Morgan fingerprint density at radius 1 is 1.00 bits per heavy atom. The molecule has 0 radical (unpaired) electrons. The molecule has 0 bridgehead atoms. The van der Waals surface area contributed by atoms with Crippen LogP contribution in [-0.4, -0.2) is 74.4 Å². The maximum atomic E-state index is 12.8. The van der Waals surface area contributed by atoms with Crippen molar-refractivity contribution >= 4 is 34.6 Å². The summed E-state index contributed by atoms with van der Waals surface area (Å²) in [5, 5.41) is 5.27. The molecule has 14 heteroatoms. The number of pyridine rings is 1. The first-order valence-electron chi connectivity index (χ1n) is 16.4. The Labute approximate surface area is 294 Å². The van der Waals surface area contributed by atoms with Crippen molar-refractivity contribution in [3.05, 3.63) is 112 Å². The third-order valence-corrected chi connectivity index (χ3v) is 9.66. The van der Waals surface area contributed by atoms with Crippen molar-refractivity contribution in [1.82, 2.24) is 28.9 Å². The number of piperazine rings is 1. The molecular weight excluding hydrogens is 667 g/mol. The van der Waals surface area contributed by atoms with Gasteiger partial charge < -0.3 is 28.6 Å². The van der Waals surface area contributed by atoms with Crippen molar-refractivity contribution in [1.29, 1.82) is 0 Å². The van der Waals surface area contributed by atoms with Crippen molar-refractivity contribution < 1.29 is 14.2 Å². The van der Waals surface area contributed by atoms with E-state index in [9.17, 15) is 4.79 Å². The molecule has 5 heterocycles. The van der Waals surface area contributed by atoms with Gasteiger partial charge in [-0.2, -0.15) is 5.10 Å². The Morgan fingerprint density at radius 3 is 2.43 bits per heavy atom. The lowest BCUT2D eigenvalue weighted by Gasteiger charge is -2.37. The zero-order valence-electron chi connectivity index (χ0n) is 27.4. The van der Waals surface area contributed by atoms with E-state index in [1.165, 1.54) is 15.6 Å². The maximum Gasteiger partial charge on any atom is 0.351 e. The van der Waals surface area contributed by atoms with Crippen LogP contribution >= 0.6 is 23.2 Å². The number of ether oxygens (including phenoxy) is 3. The standard InChI is InChI=1S/C35H38Cl2N8O4/c1-3-25(2)45-34(46)44(24-40-45)33-11-7-28(19-39-33)43-16-14-42(15-17-43)27-5-8-29(9-6-27)47-20-30-21-48-35(49-30,22-41-13-12-38-23-41)31-10-4-26(36)18-32(31)37/h4-13,18-19,23-25,30H,3,14-17,20-22H2,1-2H3/t25-,30+,35+/m0/s1. The van der Waals surface area contributed by atoms with E-state index in [-0.39, 0.29) is 17.8 Å². The summed E-state index contributed by atoms with van der Waals surface area (Å²) in [6.45, 7) is 8.48. The van der Waals surface area contributed by atoms with E-state index in [1.807, 2.05) is 61.1 Å². The maximum absolute atomic E-state index is 12.8. The minimum absolute atomic E-state index is 0.0384. The number of anilines is 2. The minimum Gasteiger partial charge on any atom is -0.491 e. The van der Waals surface area contributed by atoms with Crippen molar-refractivity contribution in [3.8, 4) is 11.6 Å². The molecule has 0 N–H and O–H groups in total. The van der Waals surface area contributed by atoms with E-state index in [4.69, 9.17) is 37.4 Å². The number of hydrogen-bond donors (Lipinski definition) is 0. The second-order valence-electron chi connectivity index (χ2n) is 12.3. The summed E-state index contributed by atoms with van der Waals surface area (Å²) in [6.07, 6.45) is 9.17. The van der Waals surface area contributed by atoms with Crippen LogP contribution in [0.4, 0.5) is 11.4 Å². The summed E-state index contributed by atoms with van der Waals surface area (Å²) in [6, 6.07) is 17.4. The van der Waals surface area contributed by atoms with E-state index < -0.39 is 5.79 Å². The predicted octanol–water partition coefficient (Wildman–Crippen LogP) is 5.58. The molecule has 0 aliphatic carbocycles. The van der Waals surface area contributed by atoms with Crippen LogP contribution in [0.2, 0.25) is 10.0 Å². The molecule has 2 aliphatic rings. The predicted molar refractivity (Wildman–Crippen MR) is 188 cm³/mol. The van der Waals surface area contributed by atoms with E-state index in [2.05, 4.69) is 37.0 Å². The molecule has 0 saturated carbocycles. The molecule has 2 aromatic carbocycles. The molecule has 0 amide bonds. The molecule has 2 saturated heterocycles. The van der Waals surface area contributed by atoms with Gasteiger partial charge >= 0.3 is 5.69 Å². The van der Waals surface area contributed by atoms with Gasteiger partial charge in [0.05, 0.1) is 42.4 Å². The van der Waals surface area contributed by atoms with Gasteiger partial charge in [-0.05, 0) is 61.9 Å². The molecule has 2 fully saturated rings. The van der Waals surface area contributed by atoms with Gasteiger partial charge in [0, 0.05) is 54.8 Å². The van der Waals surface area contributed by atoms with Crippen LogP contribution < -0.4 is 20.2 Å². The summed E-state index contributed by atoms with van der Waals surface area (Å²) in [4.78, 5) is 26.2. The van der Waals surface area contributed by atoms with Gasteiger partial charge in [0.1, 0.15) is 30.6 Å². The van der Waals surface area contributed by atoms with Gasteiger partial charge in [-0.15, -0.1) is 0 Å². The number of rotatable bonds is 11. The quantitative estimate of drug-likeness (QED) is 0.174. The van der Waals surface area contributed by atoms with Crippen LogP contribution in [0, 0.1) is 0 Å². The Kier molecular flexibility index (Phi) is 9.64. The molecule has 5 aromatic rings. The van der Waals surface area contributed by atoms with E-state index >= 15 is 0 Å². The van der Waals surface area contributed by atoms with Crippen LogP contribution in [0.3, 0.4) is 0 Å². The first-order valence-corrected chi connectivity index (χ1v) is 17.2. The average molecular weight is 706 g/mol. The van der Waals surface area contributed by atoms with E-state index in [0.29, 0.717) is 41.2 Å². The van der Waals surface area contributed by atoms with E-state index in [0.717, 1.165) is 49.7 Å². The van der Waals surface area contributed by atoms with Gasteiger partial charge in [0.15, 0.2) is 0 Å². The molecule has 7 rings (SSSR count). The lowest BCUT2D eigenvalue weighted by atomic mass is 10.1. The number of halogens is 2. The summed E-state index contributed by atoms with van der Waals surface area (Å²) < 4.78 is 23.8. The molecule has 49 heavy (non-hydrogen) atoms. The summed E-state index contributed by atoms with van der Waals surface area (Å²) in [5.74, 6) is 0.218. The van der Waals surface area contributed by atoms with Crippen LogP contribution in [0.15, 0.2) is 90.6 Å². The molecule has 2 aliphatic heterocycles. The zero-order valence-corrected chi connectivity index (χ0v) is 28.9.